The second-order valence-corrected chi connectivity index (χ2v) is 5.53. The van der Waals surface area contributed by atoms with Crippen molar-refractivity contribution in [1.29, 1.82) is 0 Å². The lowest BCUT2D eigenvalue weighted by Crippen LogP contribution is -2.62. The number of hydrogen-bond acceptors (Lipinski definition) is 2. The van der Waals surface area contributed by atoms with E-state index in [-0.39, 0.29) is 0 Å². The van der Waals surface area contributed by atoms with Crippen molar-refractivity contribution in [3.05, 3.63) is 0 Å². The summed E-state index contributed by atoms with van der Waals surface area (Å²) in [5, 5.41) is 3.30. The van der Waals surface area contributed by atoms with Crippen molar-refractivity contribution in [2.45, 2.75) is 32.7 Å². The van der Waals surface area contributed by atoms with Crippen LogP contribution < -0.4 is 5.32 Å². The SMILES string of the molecule is CNCC1CCC1N1CC(C)(C)C1. The molecule has 2 fully saturated rings. The van der Waals surface area contributed by atoms with E-state index in [1.165, 1.54) is 32.5 Å². The minimum Gasteiger partial charge on any atom is -0.319 e. The summed E-state index contributed by atoms with van der Waals surface area (Å²) in [5.74, 6) is 0.932. The van der Waals surface area contributed by atoms with Crippen molar-refractivity contribution in [1.82, 2.24) is 10.2 Å². The molecule has 2 heteroatoms. The first-order valence-corrected chi connectivity index (χ1v) is 5.51. The predicted molar refractivity (Wildman–Crippen MR) is 55.8 cm³/mol. The van der Waals surface area contributed by atoms with Crippen LogP contribution in [0.25, 0.3) is 0 Å². The minimum absolute atomic E-state index is 0.597. The Balaban J connectivity index is 1.77. The van der Waals surface area contributed by atoms with E-state index in [0.29, 0.717) is 5.41 Å². The Morgan fingerprint density at radius 2 is 2.00 bits per heavy atom. The Kier molecular flexibility index (Phi) is 2.37. The Labute approximate surface area is 81.7 Å². The lowest BCUT2D eigenvalue weighted by Gasteiger charge is -2.55. The molecule has 1 aliphatic carbocycles. The van der Waals surface area contributed by atoms with Crippen LogP contribution in [-0.4, -0.2) is 37.6 Å². The average molecular weight is 182 g/mol. The molecule has 1 aliphatic heterocycles. The maximum Gasteiger partial charge on any atom is 0.0136 e. The molecule has 1 saturated heterocycles. The fourth-order valence-corrected chi connectivity index (χ4v) is 2.82. The van der Waals surface area contributed by atoms with Gasteiger partial charge < -0.3 is 5.32 Å². The molecule has 2 rings (SSSR count). The van der Waals surface area contributed by atoms with Crippen LogP contribution in [0.3, 0.4) is 0 Å². The van der Waals surface area contributed by atoms with Crippen molar-refractivity contribution in [3.63, 3.8) is 0 Å². The summed E-state index contributed by atoms with van der Waals surface area (Å²) < 4.78 is 0. The van der Waals surface area contributed by atoms with E-state index in [2.05, 4.69) is 31.1 Å². The van der Waals surface area contributed by atoms with Crippen LogP contribution >= 0.6 is 0 Å². The molecule has 2 atom stereocenters. The van der Waals surface area contributed by atoms with Gasteiger partial charge in [0.1, 0.15) is 0 Å². The van der Waals surface area contributed by atoms with Crippen LogP contribution in [0.4, 0.5) is 0 Å². The van der Waals surface area contributed by atoms with Crippen molar-refractivity contribution in [3.8, 4) is 0 Å². The fourth-order valence-electron chi connectivity index (χ4n) is 2.82. The Morgan fingerprint density at radius 1 is 1.31 bits per heavy atom. The van der Waals surface area contributed by atoms with Gasteiger partial charge in [-0.05, 0) is 37.8 Å². The van der Waals surface area contributed by atoms with Gasteiger partial charge in [0.15, 0.2) is 0 Å². The zero-order valence-electron chi connectivity index (χ0n) is 9.14. The number of rotatable bonds is 3. The van der Waals surface area contributed by atoms with E-state index < -0.39 is 0 Å². The lowest BCUT2D eigenvalue weighted by atomic mass is 9.73. The van der Waals surface area contributed by atoms with E-state index in [4.69, 9.17) is 0 Å². The van der Waals surface area contributed by atoms with Crippen molar-refractivity contribution >= 4 is 0 Å². The summed E-state index contributed by atoms with van der Waals surface area (Å²) in [5.41, 5.74) is 0.597. The number of nitrogens with one attached hydrogen (secondary N) is 1. The first-order valence-electron chi connectivity index (χ1n) is 5.51. The standard InChI is InChI=1S/C11H22N2/c1-11(2)7-13(8-11)10-5-4-9(10)6-12-3/h9-10,12H,4-8H2,1-3H3. The van der Waals surface area contributed by atoms with Crippen molar-refractivity contribution < 1.29 is 0 Å². The van der Waals surface area contributed by atoms with Gasteiger partial charge in [-0.1, -0.05) is 13.8 Å². The van der Waals surface area contributed by atoms with Gasteiger partial charge in [0.25, 0.3) is 0 Å². The Morgan fingerprint density at radius 3 is 2.38 bits per heavy atom. The molecule has 0 aromatic rings. The van der Waals surface area contributed by atoms with Gasteiger partial charge >= 0.3 is 0 Å². The molecule has 0 amide bonds. The smallest absolute Gasteiger partial charge is 0.0136 e. The third kappa shape index (κ3) is 1.75. The minimum atomic E-state index is 0.597. The highest BCUT2D eigenvalue weighted by atomic mass is 15.2. The topological polar surface area (TPSA) is 15.3 Å². The molecule has 0 radical (unpaired) electrons. The van der Waals surface area contributed by atoms with E-state index in [9.17, 15) is 0 Å². The van der Waals surface area contributed by atoms with Crippen LogP contribution in [-0.2, 0) is 0 Å². The van der Waals surface area contributed by atoms with E-state index in [1.807, 2.05) is 0 Å². The van der Waals surface area contributed by atoms with E-state index in [0.717, 1.165) is 12.0 Å². The molecular weight excluding hydrogens is 160 g/mol. The number of hydrogen-bond donors (Lipinski definition) is 1. The summed E-state index contributed by atoms with van der Waals surface area (Å²) in [7, 11) is 2.06. The second kappa shape index (κ2) is 3.25. The molecule has 2 unspecified atom stereocenters. The quantitative estimate of drug-likeness (QED) is 0.708. The first kappa shape index (κ1) is 9.47. The van der Waals surface area contributed by atoms with Crippen LogP contribution in [0, 0.1) is 11.3 Å². The Hall–Kier alpha value is -0.0800. The van der Waals surface area contributed by atoms with Gasteiger partial charge in [-0.25, -0.2) is 0 Å². The maximum absolute atomic E-state index is 3.30. The molecule has 1 N–H and O–H groups in total. The molecular formula is C11H22N2. The first-order chi connectivity index (χ1) is 6.12. The van der Waals surface area contributed by atoms with Crippen LogP contribution in [0.2, 0.25) is 0 Å². The van der Waals surface area contributed by atoms with Gasteiger partial charge in [0.05, 0.1) is 0 Å². The maximum atomic E-state index is 3.30. The third-order valence-corrected chi connectivity index (χ3v) is 3.57. The predicted octanol–water partition coefficient (Wildman–Crippen LogP) is 1.33. The average Bonchev–Trinajstić information content (AvgIpc) is 1.94. The number of nitrogens with zero attached hydrogens (tertiary/aromatic N) is 1. The van der Waals surface area contributed by atoms with Gasteiger partial charge in [-0.15, -0.1) is 0 Å². The molecule has 13 heavy (non-hydrogen) atoms. The monoisotopic (exact) mass is 182 g/mol. The van der Waals surface area contributed by atoms with Gasteiger partial charge in [-0.2, -0.15) is 0 Å². The zero-order valence-corrected chi connectivity index (χ0v) is 9.14. The largest absolute Gasteiger partial charge is 0.319 e. The highest BCUT2D eigenvalue weighted by molar-refractivity contribution is 4.98. The highest BCUT2D eigenvalue weighted by Gasteiger charge is 2.43. The summed E-state index contributed by atoms with van der Waals surface area (Å²) in [6, 6.07) is 0.903. The zero-order chi connectivity index (χ0) is 9.47. The molecule has 0 aromatic carbocycles. The summed E-state index contributed by atoms with van der Waals surface area (Å²) in [6.45, 7) is 8.59. The lowest BCUT2D eigenvalue weighted by molar-refractivity contribution is -0.0592. The molecule has 1 saturated carbocycles. The molecule has 2 aliphatic rings. The van der Waals surface area contributed by atoms with Crippen molar-refractivity contribution in [2.24, 2.45) is 11.3 Å². The van der Waals surface area contributed by atoms with Crippen LogP contribution in [0.1, 0.15) is 26.7 Å². The van der Waals surface area contributed by atoms with Gasteiger partial charge in [0.2, 0.25) is 0 Å². The summed E-state index contributed by atoms with van der Waals surface area (Å²) in [6.07, 6.45) is 2.87. The molecule has 0 bridgehead atoms. The van der Waals surface area contributed by atoms with Gasteiger partial charge in [0, 0.05) is 19.1 Å². The summed E-state index contributed by atoms with van der Waals surface area (Å²) in [4.78, 5) is 2.67. The molecule has 0 spiro atoms. The van der Waals surface area contributed by atoms with Crippen molar-refractivity contribution in [2.75, 3.05) is 26.7 Å². The summed E-state index contributed by atoms with van der Waals surface area (Å²) >= 11 is 0. The van der Waals surface area contributed by atoms with E-state index >= 15 is 0 Å². The molecule has 0 aromatic heterocycles. The van der Waals surface area contributed by atoms with E-state index in [1.54, 1.807) is 0 Å². The Bertz CT molecular complexity index is 181. The molecule has 1 heterocycles. The molecule has 76 valence electrons. The third-order valence-electron chi connectivity index (χ3n) is 3.57. The van der Waals surface area contributed by atoms with Crippen LogP contribution in [0.15, 0.2) is 0 Å². The van der Waals surface area contributed by atoms with Gasteiger partial charge in [-0.3, -0.25) is 4.90 Å². The normalized spacial score (nSPS) is 38.1. The molecule has 2 nitrogen and oxygen atoms in total. The highest BCUT2D eigenvalue weighted by Crippen LogP contribution is 2.39. The fraction of sp³-hybridized carbons (Fsp3) is 1.00. The second-order valence-electron chi connectivity index (χ2n) is 5.53. The number of likely N-dealkylation sites (tertiary alicyclic amines) is 1. The van der Waals surface area contributed by atoms with Crippen LogP contribution in [0.5, 0.6) is 0 Å².